The molecule has 0 aromatic heterocycles. The number of hydrogen-bond donors (Lipinski definition) is 0. The van der Waals surface area contributed by atoms with Crippen LogP contribution in [0.2, 0.25) is 0 Å². The van der Waals surface area contributed by atoms with Crippen molar-refractivity contribution in [2.45, 2.75) is 33.6 Å². The highest BCUT2D eigenvalue weighted by Crippen LogP contribution is 2.30. The maximum Gasteiger partial charge on any atom is 0.316 e. The van der Waals surface area contributed by atoms with Crippen molar-refractivity contribution in [3.05, 3.63) is 23.8 Å². The van der Waals surface area contributed by atoms with Crippen LogP contribution < -0.4 is 9.47 Å². The SMILES string of the molecule is CC(C)(C)C(=O)Oc1ccc2c(c1)CCC(=O)O2. The van der Waals surface area contributed by atoms with Crippen molar-refractivity contribution >= 4 is 11.9 Å². The van der Waals surface area contributed by atoms with Crippen LogP contribution in [-0.2, 0) is 16.0 Å². The summed E-state index contributed by atoms with van der Waals surface area (Å²) in [5.41, 5.74) is 0.358. The van der Waals surface area contributed by atoms with E-state index >= 15 is 0 Å². The molecule has 1 aliphatic heterocycles. The smallest absolute Gasteiger partial charge is 0.316 e. The highest BCUT2D eigenvalue weighted by molar-refractivity contribution is 5.78. The van der Waals surface area contributed by atoms with E-state index in [1.165, 1.54) is 0 Å². The van der Waals surface area contributed by atoms with Crippen LogP contribution >= 0.6 is 0 Å². The molecule has 4 heteroatoms. The average molecular weight is 248 g/mol. The third-order valence-corrected chi connectivity index (χ3v) is 2.68. The Bertz CT molecular complexity index is 497. The highest BCUT2D eigenvalue weighted by Gasteiger charge is 2.24. The van der Waals surface area contributed by atoms with Crippen molar-refractivity contribution < 1.29 is 19.1 Å². The van der Waals surface area contributed by atoms with Gasteiger partial charge in [-0.15, -0.1) is 0 Å². The van der Waals surface area contributed by atoms with Crippen LogP contribution in [-0.4, -0.2) is 11.9 Å². The standard InChI is InChI=1S/C14H16O4/c1-14(2,3)13(16)17-10-5-6-11-9(8-10)4-7-12(15)18-11/h5-6,8H,4,7H2,1-3H3. The van der Waals surface area contributed by atoms with E-state index in [-0.39, 0.29) is 11.9 Å². The molecule has 18 heavy (non-hydrogen) atoms. The van der Waals surface area contributed by atoms with E-state index in [2.05, 4.69) is 0 Å². The van der Waals surface area contributed by atoms with Gasteiger partial charge in [0.15, 0.2) is 0 Å². The number of aryl methyl sites for hydroxylation is 1. The van der Waals surface area contributed by atoms with Gasteiger partial charge in [-0.3, -0.25) is 9.59 Å². The maximum atomic E-state index is 11.7. The lowest BCUT2D eigenvalue weighted by molar-refractivity contribution is -0.143. The third kappa shape index (κ3) is 2.70. The summed E-state index contributed by atoms with van der Waals surface area (Å²) in [5, 5.41) is 0. The topological polar surface area (TPSA) is 52.6 Å². The van der Waals surface area contributed by atoms with E-state index < -0.39 is 5.41 Å². The van der Waals surface area contributed by atoms with E-state index in [0.717, 1.165) is 5.56 Å². The van der Waals surface area contributed by atoms with Gasteiger partial charge in [-0.1, -0.05) is 0 Å². The number of carbonyl (C=O) groups excluding carboxylic acids is 2. The van der Waals surface area contributed by atoms with Crippen LogP contribution in [0.4, 0.5) is 0 Å². The number of hydrogen-bond acceptors (Lipinski definition) is 4. The van der Waals surface area contributed by atoms with Crippen LogP contribution in [0.15, 0.2) is 18.2 Å². The molecule has 0 radical (unpaired) electrons. The Morgan fingerprint density at radius 2 is 2.00 bits per heavy atom. The zero-order valence-corrected chi connectivity index (χ0v) is 10.8. The Labute approximate surface area is 106 Å². The van der Waals surface area contributed by atoms with Crippen LogP contribution in [0.25, 0.3) is 0 Å². The lowest BCUT2D eigenvalue weighted by Crippen LogP contribution is -2.25. The quantitative estimate of drug-likeness (QED) is 0.566. The van der Waals surface area contributed by atoms with Crippen LogP contribution in [0.3, 0.4) is 0 Å². The minimum Gasteiger partial charge on any atom is -0.426 e. The second-order valence-corrected chi connectivity index (χ2v) is 5.38. The molecule has 1 aromatic rings. The zero-order chi connectivity index (χ0) is 13.3. The fraction of sp³-hybridized carbons (Fsp3) is 0.429. The molecular weight excluding hydrogens is 232 g/mol. The van der Waals surface area contributed by atoms with Gasteiger partial charge in [0.05, 0.1) is 11.8 Å². The fourth-order valence-electron chi connectivity index (χ4n) is 1.58. The van der Waals surface area contributed by atoms with Crippen LogP contribution in [0.1, 0.15) is 32.8 Å². The predicted octanol–water partition coefficient (Wildman–Crippen LogP) is 2.49. The monoisotopic (exact) mass is 248 g/mol. The largest absolute Gasteiger partial charge is 0.426 e. The molecule has 96 valence electrons. The minimum atomic E-state index is -0.539. The molecule has 1 heterocycles. The molecule has 0 saturated carbocycles. The van der Waals surface area contributed by atoms with Crippen LogP contribution in [0, 0.1) is 5.41 Å². The molecule has 0 unspecified atom stereocenters. The van der Waals surface area contributed by atoms with Gasteiger partial charge < -0.3 is 9.47 Å². The molecule has 0 fully saturated rings. The van der Waals surface area contributed by atoms with Gasteiger partial charge in [-0.25, -0.2) is 0 Å². The molecule has 2 rings (SSSR count). The number of ether oxygens (including phenoxy) is 2. The lowest BCUT2D eigenvalue weighted by atomic mass is 9.97. The van der Waals surface area contributed by atoms with Crippen LogP contribution in [0.5, 0.6) is 11.5 Å². The highest BCUT2D eigenvalue weighted by atomic mass is 16.5. The van der Waals surface area contributed by atoms with E-state index in [4.69, 9.17) is 9.47 Å². The van der Waals surface area contributed by atoms with E-state index in [1.54, 1.807) is 39.0 Å². The Hall–Kier alpha value is -1.84. The number of benzene rings is 1. The minimum absolute atomic E-state index is 0.220. The Balaban J connectivity index is 2.17. The molecule has 1 aromatic carbocycles. The van der Waals surface area contributed by atoms with E-state index in [1.807, 2.05) is 0 Å². The Morgan fingerprint density at radius 3 is 2.67 bits per heavy atom. The third-order valence-electron chi connectivity index (χ3n) is 2.68. The number of carbonyl (C=O) groups is 2. The van der Waals surface area contributed by atoms with Gasteiger partial charge in [-0.05, 0) is 51.0 Å². The Kier molecular flexibility index (Phi) is 3.11. The molecule has 0 saturated heterocycles. The van der Waals surface area contributed by atoms with Crippen molar-refractivity contribution in [2.24, 2.45) is 5.41 Å². The summed E-state index contributed by atoms with van der Waals surface area (Å²) in [6.45, 7) is 5.40. The molecule has 0 spiro atoms. The first kappa shape index (κ1) is 12.6. The summed E-state index contributed by atoms with van der Waals surface area (Å²) in [5.74, 6) is 0.547. The first-order chi connectivity index (χ1) is 8.36. The van der Waals surface area contributed by atoms with Crippen molar-refractivity contribution in [3.8, 4) is 11.5 Å². The van der Waals surface area contributed by atoms with Crippen molar-refractivity contribution in [1.82, 2.24) is 0 Å². The summed E-state index contributed by atoms with van der Waals surface area (Å²) in [7, 11) is 0. The van der Waals surface area contributed by atoms with Gasteiger partial charge in [0.2, 0.25) is 0 Å². The molecule has 4 nitrogen and oxygen atoms in total. The van der Waals surface area contributed by atoms with Gasteiger partial charge in [0.25, 0.3) is 0 Å². The van der Waals surface area contributed by atoms with Crippen molar-refractivity contribution in [2.75, 3.05) is 0 Å². The van der Waals surface area contributed by atoms with Crippen molar-refractivity contribution in [1.29, 1.82) is 0 Å². The summed E-state index contributed by atoms with van der Waals surface area (Å²) in [6.07, 6.45) is 0.985. The number of esters is 2. The van der Waals surface area contributed by atoms with Crippen molar-refractivity contribution in [3.63, 3.8) is 0 Å². The molecular formula is C14H16O4. The predicted molar refractivity (Wildman–Crippen MR) is 65.5 cm³/mol. The second kappa shape index (κ2) is 4.44. The molecule has 0 atom stereocenters. The first-order valence-electron chi connectivity index (χ1n) is 5.92. The number of rotatable bonds is 1. The summed E-state index contributed by atoms with van der Waals surface area (Å²) in [4.78, 5) is 22.9. The van der Waals surface area contributed by atoms with Gasteiger partial charge in [-0.2, -0.15) is 0 Å². The van der Waals surface area contributed by atoms with E-state index in [0.29, 0.717) is 24.3 Å². The zero-order valence-electron chi connectivity index (χ0n) is 10.8. The summed E-state index contributed by atoms with van der Waals surface area (Å²) < 4.78 is 10.4. The molecule has 1 aliphatic rings. The van der Waals surface area contributed by atoms with E-state index in [9.17, 15) is 9.59 Å². The molecule has 0 amide bonds. The molecule has 0 aliphatic carbocycles. The van der Waals surface area contributed by atoms with Gasteiger partial charge >= 0.3 is 11.9 Å². The summed E-state index contributed by atoms with van der Waals surface area (Å²) >= 11 is 0. The van der Waals surface area contributed by atoms with Gasteiger partial charge in [0, 0.05) is 0 Å². The molecule has 0 bridgehead atoms. The summed E-state index contributed by atoms with van der Waals surface area (Å²) in [6, 6.07) is 5.06. The molecule has 0 N–H and O–H groups in total. The fourth-order valence-corrected chi connectivity index (χ4v) is 1.58. The first-order valence-corrected chi connectivity index (χ1v) is 5.92. The average Bonchev–Trinajstić information content (AvgIpc) is 2.28. The number of fused-ring (bicyclic) bond motifs is 1. The lowest BCUT2D eigenvalue weighted by Gasteiger charge is -2.19. The normalized spacial score (nSPS) is 14.7. The second-order valence-electron chi connectivity index (χ2n) is 5.38. The van der Waals surface area contributed by atoms with Gasteiger partial charge in [0.1, 0.15) is 11.5 Å². The Morgan fingerprint density at radius 1 is 1.28 bits per heavy atom. The maximum absolute atomic E-state index is 11.7.